The Morgan fingerprint density at radius 2 is 1.85 bits per heavy atom. The molecule has 1 fully saturated rings. The number of nitrogens with zero attached hydrogens (tertiary/aromatic N) is 5. The van der Waals surface area contributed by atoms with Gasteiger partial charge in [-0.05, 0) is 30.8 Å². The molecule has 0 aromatic carbocycles. The normalized spacial score (nSPS) is 15.8. The summed E-state index contributed by atoms with van der Waals surface area (Å²) in [5.41, 5.74) is 2.11. The van der Waals surface area contributed by atoms with Gasteiger partial charge in [0.2, 0.25) is 0 Å². The molecule has 0 bridgehead atoms. The number of nitrogens with one attached hydrogen (secondary N) is 2. The van der Waals surface area contributed by atoms with E-state index in [1.165, 1.54) is 0 Å². The van der Waals surface area contributed by atoms with Crippen molar-refractivity contribution >= 4 is 11.8 Å². The van der Waals surface area contributed by atoms with Crippen LogP contribution in [0.3, 0.4) is 0 Å². The average Bonchev–Trinajstić information content (AvgIpc) is 2.70. The minimum atomic E-state index is 0.640. The first kappa shape index (κ1) is 18.1. The quantitative estimate of drug-likeness (QED) is 0.620. The van der Waals surface area contributed by atoms with Gasteiger partial charge >= 0.3 is 0 Å². The van der Waals surface area contributed by atoms with Crippen LogP contribution in [-0.2, 0) is 13.1 Å². The molecule has 1 aliphatic heterocycles. The fourth-order valence-electron chi connectivity index (χ4n) is 2.83. The summed E-state index contributed by atoms with van der Waals surface area (Å²) in [6.45, 7) is 5.56. The summed E-state index contributed by atoms with van der Waals surface area (Å²) < 4.78 is 0. The molecule has 2 aromatic heterocycles. The zero-order valence-electron chi connectivity index (χ0n) is 15.5. The first-order valence-corrected chi connectivity index (χ1v) is 8.97. The maximum atomic E-state index is 4.62. The maximum absolute atomic E-state index is 4.62. The van der Waals surface area contributed by atoms with Crippen molar-refractivity contribution in [2.24, 2.45) is 4.99 Å². The highest BCUT2D eigenvalue weighted by Crippen LogP contribution is 2.13. The van der Waals surface area contributed by atoms with Crippen molar-refractivity contribution in [1.82, 2.24) is 25.5 Å². The predicted octanol–water partition coefficient (Wildman–Crippen LogP) is 1.09. The number of pyridine rings is 2. The summed E-state index contributed by atoms with van der Waals surface area (Å²) in [5, 5.41) is 6.58. The van der Waals surface area contributed by atoms with E-state index in [1.807, 2.05) is 24.4 Å². The maximum Gasteiger partial charge on any atom is 0.191 e. The molecule has 2 aromatic rings. The van der Waals surface area contributed by atoms with E-state index in [-0.39, 0.29) is 0 Å². The molecule has 3 rings (SSSR count). The molecule has 1 saturated heterocycles. The first-order chi connectivity index (χ1) is 12.7. The Kier molecular flexibility index (Phi) is 6.38. The van der Waals surface area contributed by atoms with Gasteiger partial charge in [0.05, 0.1) is 12.2 Å². The van der Waals surface area contributed by atoms with Gasteiger partial charge in [-0.3, -0.25) is 9.98 Å². The second-order valence-electron chi connectivity index (χ2n) is 6.42. The van der Waals surface area contributed by atoms with Gasteiger partial charge in [-0.25, -0.2) is 4.98 Å². The van der Waals surface area contributed by atoms with Crippen molar-refractivity contribution in [2.45, 2.75) is 13.1 Å². The van der Waals surface area contributed by atoms with Crippen LogP contribution in [0.1, 0.15) is 11.3 Å². The molecule has 0 aliphatic carbocycles. The minimum Gasteiger partial charge on any atom is -0.354 e. The predicted molar refractivity (Wildman–Crippen MR) is 105 cm³/mol. The van der Waals surface area contributed by atoms with Crippen molar-refractivity contribution in [3.8, 4) is 0 Å². The van der Waals surface area contributed by atoms with Crippen LogP contribution in [0, 0.1) is 0 Å². The molecule has 0 saturated carbocycles. The summed E-state index contributed by atoms with van der Waals surface area (Å²) in [5.74, 6) is 1.80. The molecule has 3 heterocycles. The van der Waals surface area contributed by atoms with Crippen LogP contribution in [0.25, 0.3) is 0 Å². The van der Waals surface area contributed by atoms with Crippen LogP contribution in [0.2, 0.25) is 0 Å². The molecule has 7 nitrogen and oxygen atoms in total. The van der Waals surface area contributed by atoms with Crippen LogP contribution >= 0.6 is 0 Å². The lowest BCUT2D eigenvalue weighted by Gasteiger charge is -2.33. The first-order valence-electron chi connectivity index (χ1n) is 8.97. The van der Waals surface area contributed by atoms with Gasteiger partial charge in [0, 0.05) is 52.2 Å². The highest BCUT2D eigenvalue weighted by Gasteiger charge is 2.14. The number of piperazine rings is 1. The van der Waals surface area contributed by atoms with Gasteiger partial charge in [-0.2, -0.15) is 0 Å². The number of rotatable bonds is 5. The molecule has 0 amide bonds. The Morgan fingerprint density at radius 3 is 2.50 bits per heavy atom. The molecule has 2 N–H and O–H groups in total. The van der Waals surface area contributed by atoms with E-state index in [4.69, 9.17) is 0 Å². The Bertz CT molecular complexity index is 692. The van der Waals surface area contributed by atoms with Crippen LogP contribution in [0.4, 0.5) is 5.82 Å². The van der Waals surface area contributed by atoms with Gasteiger partial charge in [0.15, 0.2) is 5.96 Å². The largest absolute Gasteiger partial charge is 0.354 e. The van der Waals surface area contributed by atoms with Crippen molar-refractivity contribution in [3.63, 3.8) is 0 Å². The third-order valence-corrected chi connectivity index (χ3v) is 4.48. The summed E-state index contributed by atoms with van der Waals surface area (Å²) in [6, 6.07) is 10.1. The Morgan fingerprint density at radius 1 is 1.04 bits per heavy atom. The summed E-state index contributed by atoms with van der Waals surface area (Å²) in [6.07, 6.45) is 3.73. The van der Waals surface area contributed by atoms with E-state index in [2.05, 4.69) is 54.6 Å². The summed E-state index contributed by atoms with van der Waals surface area (Å²) in [7, 11) is 3.93. The number of likely N-dealkylation sites (N-methyl/N-ethyl adjacent to an activating group) is 1. The molecular weight excluding hydrogens is 326 g/mol. The van der Waals surface area contributed by atoms with E-state index in [9.17, 15) is 0 Å². The Hall–Kier alpha value is -2.67. The lowest BCUT2D eigenvalue weighted by Crippen LogP contribution is -2.44. The van der Waals surface area contributed by atoms with Gasteiger partial charge < -0.3 is 20.4 Å². The summed E-state index contributed by atoms with van der Waals surface area (Å²) in [4.78, 5) is 17.9. The van der Waals surface area contributed by atoms with Crippen LogP contribution in [-0.4, -0.2) is 61.1 Å². The van der Waals surface area contributed by atoms with Crippen molar-refractivity contribution < 1.29 is 0 Å². The number of anilines is 1. The average molecular weight is 353 g/mol. The molecule has 0 unspecified atom stereocenters. The second kappa shape index (κ2) is 9.15. The third-order valence-electron chi connectivity index (χ3n) is 4.48. The number of hydrogen-bond donors (Lipinski definition) is 2. The van der Waals surface area contributed by atoms with E-state index < -0.39 is 0 Å². The van der Waals surface area contributed by atoms with Crippen LogP contribution in [0.15, 0.2) is 47.7 Å². The second-order valence-corrected chi connectivity index (χ2v) is 6.42. The minimum absolute atomic E-state index is 0.640. The zero-order valence-corrected chi connectivity index (χ0v) is 15.5. The molecule has 0 radical (unpaired) electrons. The number of hydrogen-bond acceptors (Lipinski definition) is 5. The lowest BCUT2D eigenvalue weighted by atomic mass is 10.2. The van der Waals surface area contributed by atoms with E-state index in [0.29, 0.717) is 13.1 Å². The molecule has 7 heteroatoms. The van der Waals surface area contributed by atoms with Gasteiger partial charge in [0.1, 0.15) is 5.82 Å². The molecule has 0 spiro atoms. The SMILES string of the molecule is CN=C(NCc1ccc(N2CCN(C)CC2)nc1)NCc1ccccn1. The summed E-state index contributed by atoms with van der Waals surface area (Å²) >= 11 is 0. The van der Waals surface area contributed by atoms with Crippen molar-refractivity contribution in [3.05, 3.63) is 54.0 Å². The topological polar surface area (TPSA) is 68.7 Å². The smallest absolute Gasteiger partial charge is 0.191 e. The van der Waals surface area contributed by atoms with Crippen LogP contribution in [0.5, 0.6) is 0 Å². The van der Waals surface area contributed by atoms with E-state index in [0.717, 1.165) is 49.2 Å². The Labute approximate surface area is 155 Å². The van der Waals surface area contributed by atoms with Gasteiger partial charge in [0.25, 0.3) is 0 Å². The molecule has 26 heavy (non-hydrogen) atoms. The fraction of sp³-hybridized carbons (Fsp3) is 0.421. The lowest BCUT2D eigenvalue weighted by molar-refractivity contribution is 0.312. The number of aromatic nitrogens is 2. The highest BCUT2D eigenvalue weighted by molar-refractivity contribution is 5.79. The van der Waals surface area contributed by atoms with Gasteiger partial charge in [-0.15, -0.1) is 0 Å². The standard InChI is InChI=1S/C19H27N7/c1-20-19(24-15-17-5-3-4-8-21-17)23-14-16-6-7-18(22-13-16)26-11-9-25(2)10-12-26/h3-8,13H,9-12,14-15H2,1-2H3,(H2,20,23,24). The molecule has 1 aliphatic rings. The van der Waals surface area contributed by atoms with Gasteiger partial charge in [-0.1, -0.05) is 12.1 Å². The fourth-order valence-corrected chi connectivity index (χ4v) is 2.83. The number of guanidine groups is 1. The van der Waals surface area contributed by atoms with Crippen molar-refractivity contribution in [2.75, 3.05) is 45.2 Å². The zero-order chi connectivity index (χ0) is 18.2. The molecule has 138 valence electrons. The van der Waals surface area contributed by atoms with Crippen LogP contribution < -0.4 is 15.5 Å². The highest BCUT2D eigenvalue weighted by atomic mass is 15.3. The number of aliphatic imine (C=N–C) groups is 1. The molecular formula is C19H27N7. The monoisotopic (exact) mass is 353 g/mol. The van der Waals surface area contributed by atoms with Crippen molar-refractivity contribution in [1.29, 1.82) is 0 Å². The van der Waals surface area contributed by atoms with E-state index >= 15 is 0 Å². The third kappa shape index (κ3) is 5.16. The molecule has 0 atom stereocenters. The Balaban J connectivity index is 1.47. The van der Waals surface area contributed by atoms with E-state index in [1.54, 1.807) is 13.2 Å².